The first-order chi connectivity index (χ1) is 6.13. The van der Waals surface area contributed by atoms with Crippen molar-refractivity contribution < 1.29 is 0 Å². The second-order valence-electron chi connectivity index (χ2n) is 3.93. The molecular formula is C10H19PSi2. The second-order valence-corrected chi connectivity index (χ2v) is 21.0. The van der Waals surface area contributed by atoms with E-state index in [0.717, 1.165) is 0 Å². The minimum Gasteiger partial charge on any atom is -0.106 e. The van der Waals surface area contributed by atoms with Crippen LogP contribution in [0.3, 0.4) is 0 Å². The molecule has 0 aliphatic carbocycles. The van der Waals surface area contributed by atoms with Crippen LogP contribution in [0.15, 0.2) is 30.3 Å². The van der Waals surface area contributed by atoms with Crippen molar-refractivity contribution in [3.8, 4) is 0 Å². The first-order valence-corrected chi connectivity index (χ1v) is 14.2. The third-order valence-corrected chi connectivity index (χ3v) is 24.5. The Bertz CT molecular complexity index is 238. The van der Waals surface area contributed by atoms with E-state index in [9.17, 15) is 0 Å². The lowest BCUT2D eigenvalue weighted by molar-refractivity contribution is 1.78. The fourth-order valence-electron chi connectivity index (χ4n) is 1.79. The maximum absolute atomic E-state index is 2.51. The van der Waals surface area contributed by atoms with E-state index in [4.69, 9.17) is 0 Å². The van der Waals surface area contributed by atoms with Gasteiger partial charge in [0, 0.05) is 0 Å². The highest BCUT2D eigenvalue weighted by atomic mass is 31.6. The Kier molecular flexibility index (Phi) is 4.37. The van der Waals surface area contributed by atoms with Gasteiger partial charge in [-0.25, -0.2) is 0 Å². The average Bonchev–Trinajstić information content (AvgIpc) is 2.04. The molecule has 0 unspecified atom stereocenters. The van der Waals surface area contributed by atoms with Gasteiger partial charge < -0.3 is 0 Å². The van der Waals surface area contributed by atoms with Crippen LogP contribution < -0.4 is 5.30 Å². The molecule has 1 aromatic rings. The molecule has 0 heterocycles. The van der Waals surface area contributed by atoms with E-state index >= 15 is 0 Å². The van der Waals surface area contributed by atoms with Gasteiger partial charge in [-0.05, 0) is 5.30 Å². The van der Waals surface area contributed by atoms with Crippen molar-refractivity contribution in [3.63, 3.8) is 0 Å². The minimum absolute atomic E-state index is 0.304. The Balaban J connectivity index is 2.89. The van der Waals surface area contributed by atoms with E-state index in [1.165, 1.54) is 0 Å². The second kappa shape index (κ2) is 5.09. The van der Waals surface area contributed by atoms with Crippen LogP contribution in [0.4, 0.5) is 0 Å². The molecule has 0 aliphatic rings. The molecule has 0 radical (unpaired) electrons. The first kappa shape index (κ1) is 11.2. The quantitative estimate of drug-likeness (QED) is 0.549. The van der Waals surface area contributed by atoms with Gasteiger partial charge in [-0.15, -0.1) is 7.02 Å². The molecule has 0 amide bonds. The molecule has 1 rings (SSSR count). The van der Waals surface area contributed by atoms with Crippen LogP contribution in [-0.2, 0) is 0 Å². The average molecular weight is 226 g/mol. The molecule has 72 valence electrons. The number of benzene rings is 1. The molecule has 0 aromatic heterocycles. The van der Waals surface area contributed by atoms with Crippen molar-refractivity contribution in [1.29, 1.82) is 0 Å². The van der Waals surface area contributed by atoms with Crippen molar-refractivity contribution >= 4 is 29.3 Å². The molecule has 0 saturated carbocycles. The Morgan fingerprint density at radius 2 is 1.31 bits per heavy atom. The summed E-state index contributed by atoms with van der Waals surface area (Å²) in [7, 11) is -0.583. The standard InChI is InChI=1S/C10H19PSi2/c1-12(2)11(13(3)4)10-8-6-5-7-9-10/h5-9,12-13H,1-4H3. The van der Waals surface area contributed by atoms with Crippen LogP contribution in [0.1, 0.15) is 0 Å². The maximum atomic E-state index is 2.51. The van der Waals surface area contributed by atoms with Crippen molar-refractivity contribution in [2.75, 3.05) is 0 Å². The van der Waals surface area contributed by atoms with E-state index in [1.54, 1.807) is 5.30 Å². The van der Waals surface area contributed by atoms with Crippen molar-refractivity contribution in [3.05, 3.63) is 30.3 Å². The van der Waals surface area contributed by atoms with Gasteiger partial charge in [0.05, 0.1) is 16.9 Å². The molecule has 0 aliphatic heterocycles. The maximum Gasteiger partial charge on any atom is 0.0595 e. The topological polar surface area (TPSA) is 0 Å². The molecule has 0 N–H and O–H groups in total. The van der Waals surface area contributed by atoms with Gasteiger partial charge in [-0.1, -0.05) is 56.5 Å². The summed E-state index contributed by atoms with van der Waals surface area (Å²) in [4.78, 5) is 0. The molecule has 0 bridgehead atoms. The third kappa shape index (κ3) is 3.05. The molecular weight excluding hydrogens is 207 g/mol. The van der Waals surface area contributed by atoms with Gasteiger partial charge in [-0.3, -0.25) is 0 Å². The fourth-order valence-corrected chi connectivity index (χ4v) is 23.6. The van der Waals surface area contributed by atoms with Gasteiger partial charge in [0.15, 0.2) is 0 Å². The molecule has 1 aromatic carbocycles. The lowest BCUT2D eigenvalue weighted by atomic mass is 10.4. The summed E-state index contributed by atoms with van der Waals surface area (Å²) in [5.74, 6) is 0. The zero-order valence-corrected chi connectivity index (χ0v) is 12.2. The Labute approximate surface area is 86.0 Å². The highest BCUT2D eigenvalue weighted by Crippen LogP contribution is 2.40. The molecule has 0 atom stereocenters. The third-order valence-electron chi connectivity index (χ3n) is 2.17. The van der Waals surface area contributed by atoms with Crippen LogP contribution in [0.25, 0.3) is 0 Å². The molecule has 0 spiro atoms. The summed E-state index contributed by atoms with van der Waals surface area (Å²) >= 11 is 0. The Morgan fingerprint density at radius 1 is 0.846 bits per heavy atom. The summed E-state index contributed by atoms with van der Waals surface area (Å²) in [5.41, 5.74) is 0. The van der Waals surface area contributed by atoms with Gasteiger partial charge in [-0.2, -0.15) is 0 Å². The molecule has 0 nitrogen and oxygen atoms in total. The van der Waals surface area contributed by atoms with E-state index in [-0.39, 0.29) is 0 Å². The first-order valence-electron chi connectivity index (χ1n) is 4.96. The van der Waals surface area contributed by atoms with E-state index in [0.29, 0.717) is 7.02 Å². The summed E-state index contributed by atoms with van der Waals surface area (Å²) in [6, 6.07) is 11.2. The van der Waals surface area contributed by atoms with Crippen molar-refractivity contribution in [1.82, 2.24) is 0 Å². The van der Waals surface area contributed by atoms with Crippen molar-refractivity contribution in [2.45, 2.75) is 26.2 Å². The zero-order valence-electron chi connectivity index (χ0n) is 8.99. The Hall–Kier alpha value is 0.0838. The van der Waals surface area contributed by atoms with Gasteiger partial charge in [0.2, 0.25) is 0 Å². The van der Waals surface area contributed by atoms with Crippen LogP contribution in [0.2, 0.25) is 26.2 Å². The van der Waals surface area contributed by atoms with Gasteiger partial charge >= 0.3 is 0 Å². The zero-order chi connectivity index (χ0) is 9.84. The molecule has 13 heavy (non-hydrogen) atoms. The number of hydrogen-bond acceptors (Lipinski definition) is 0. The fraction of sp³-hybridized carbons (Fsp3) is 0.400. The summed E-state index contributed by atoms with van der Waals surface area (Å²) in [5, 5.41) is 1.67. The van der Waals surface area contributed by atoms with Crippen LogP contribution >= 0.6 is 7.02 Å². The van der Waals surface area contributed by atoms with Crippen LogP contribution in [0, 0.1) is 0 Å². The largest absolute Gasteiger partial charge is 0.106 e. The highest BCUT2D eigenvalue weighted by Gasteiger charge is 2.19. The summed E-state index contributed by atoms with van der Waals surface area (Å²) in [6.45, 7) is 10.0. The predicted molar refractivity (Wildman–Crippen MR) is 70.8 cm³/mol. The molecule has 3 heteroatoms. The normalized spacial score (nSPS) is 11.6. The smallest absolute Gasteiger partial charge is 0.0595 e. The summed E-state index contributed by atoms with van der Waals surface area (Å²) < 4.78 is 0. The van der Waals surface area contributed by atoms with Gasteiger partial charge in [0.1, 0.15) is 0 Å². The van der Waals surface area contributed by atoms with E-state index in [1.807, 2.05) is 0 Å². The molecule has 0 saturated heterocycles. The van der Waals surface area contributed by atoms with E-state index < -0.39 is 16.9 Å². The van der Waals surface area contributed by atoms with E-state index in [2.05, 4.69) is 56.5 Å². The monoisotopic (exact) mass is 226 g/mol. The van der Waals surface area contributed by atoms with Gasteiger partial charge in [0.25, 0.3) is 0 Å². The van der Waals surface area contributed by atoms with Crippen molar-refractivity contribution in [2.24, 2.45) is 0 Å². The predicted octanol–water partition coefficient (Wildman–Crippen LogP) is 2.76. The van der Waals surface area contributed by atoms with Crippen LogP contribution in [0.5, 0.6) is 0 Å². The Morgan fingerprint density at radius 3 is 1.69 bits per heavy atom. The molecule has 0 fully saturated rings. The lowest BCUT2D eigenvalue weighted by Crippen LogP contribution is -2.19. The highest BCUT2D eigenvalue weighted by molar-refractivity contribution is 8.16. The lowest BCUT2D eigenvalue weighted by Gasteiger charge is -2.24. The van der Waals surface area contributed by atoms with Crippen LogP contribution in [-0.4, -0.2) is 16.9 Å². The minimum atomic E-state index is -0.443. The number of hydrogen-bond donors (Lipinski definition) is 0. The number of rotatable bonds is 3. The summed E-state index contributed by atoms with van der Waals surface area (Å²) in [6.07, 6.45) is 0. The SMILES string of the molecule is C[SiH](C)P(c1ccccc1)[SiH](C)C.